The molecule has 0 unspecified atom stereocenters. The van der Waals surface area contributed by atoms with E-state index in [0.29, 0.717) is 23.7 Å². The molecule has 2 heteroatoms. The summed E-state index contributed by atoms with van der Waals surface area (Å²) in [6.07, 6.45) is 50.6. The summed E-state index contributed by atoms with van der Waals surface area (Å²) in [6.45, 7) is 0. The lowest BCUT2D eigenvalue weighted by Gasteiger charge is -2.54. The van der Waals surface area contributed by atoms with Crippen LogP contribution in [0.3, 0.4) is 0 Å². The number of aliphatic carboxylic acids is 1. The van der Waals surface area contributed by atoms with E-state index in [2.05, 4.69) is 6.08 Å². The molecule has 4 fully saturated rings. The lowest BCUT2D eigenvalue weighted by atomic mass is 9.50. The molecule has 4 aliphatic rings. The highest BCUT2D eigenvalue weighted by Crippen LogP contribution is 2.59. The highest BCUT2D eigenvalue weighted by molar-refractivity contribution is 5.88. The zero-order chi connectivity index (χ0) is 32.1. The number of carboxylic acid groups (broad SMARTS) is 1. The van der Waals surface area contributed by atoms with Crippen LogP contribution in [0.15, 0.2) is 11.6 Å². The summed E-state index contributed by atoms with van der Waals surface area (Å²) in [4.78, 5) is 14.2. The Bertz CT molecular complexity index is 723. The Balaban J connectivity index is 1.87. The molecular weight excluding hydrogens is 560 g/mol. The fourth-order valence-electron chi connectivity index (χ4n) is 11.2. The van der Waals surface area contributed by atoms with Crippen molar-refractivity contribution < 1.29 is 9.90 Å². The molecule has 4 saturated carbocycles. The summed E-state index contributed by atoms with van der Waals surface area (Å²) in [6, 6.07) is 0. The first kappa shape index (κ1) is 38.0. The van der Waals surface area contributed by atoms with Gasteiger partial charge < -0.3 is 5.11 Å². The molecule has 46 heavy (non-hydrogen) atoms. The average molecular weight is 639 g/mol. The van der Waals surface area contributed by atoms with E-state index in [0.717, 1.165) is 5.57 Å². The molecule has 0 aliphatic heterocycles. The van der Waals surface area contributed by atoms with Gasteiger partial charge in [-0.25, -0.2) is 4.79 Å². The van der Waals surface area contributed by atoms with Crippen LogP contribution in [-0.4, -0.2) is 11.1 Å². The largest absolute Gasteiger partial charge is 0.478 e. The van der Waals surface area contributed by atoms with E-state index in [1.54, 1.807) is 0 Å². The van der Waals surface area contributed by atoms with Crippen molar-refractivity contribution in [2.45, 2.75) is 231 Å². The zero-order valence-electron chi connectivity index (χ0n) is 30.7. The Morgan fingerprint density at radius 1 is 0.370 bits per heavy atom. The molecule has 0 aromatic heterocycles. The number of rotatable bonds is 6. The van der Waals surface area contributed by atoms with Crippen LogP contribution in [0.25, 0.3) is 0 Å². The first-order valence-corrected chi connectivity index (χ1v) is 21.7. The van der Waals surface area contributed by atoms with Gasteiger partial charge in [0.1, 0.15) is 0 Å². The molecule has 4 rings (SSSR count). The zero-order valence-corrected chi connectivity index (χ0v) is 30.7. The highest BCUT2D eigenvalue weighted by atomic mass is 16.4. The van der Waals surface area contributed by atoms with E-state index in [4.69, 9.17) is 0 Å². The summed E-state index contributed by atoms with van der Waals surface area (Å²) in [5.41, 5.74) is 0.833. The second-order valence-corrected chi connectivity index (χ2v) is 16.9. The van der Waals surface area contributed by atoms with Gasteiger partial charge in [-0.3, -0.25) is 0 Å². The van der Waals surface area contributed by atoms with Crippen molar-refractivity contribution in [3.63, 3.8) is 0 Å². The molecule has 0 aromatic rings. The molecular formula is C44H78O2. The summed E-state index contributed by atoms with van der Waals surface area (Å²) in [7, 11) is 0. The van der Waals surface area contributed by atoms with Gasteiger partial charge in [-0.2, -0.15) is 0 Å². The van der Waals surface area contributed by atoms with Gasteiger partial charge in [0.2, 0.25) is 0 Å². The number of carbonyl (C=O) groups is 1. The van der Waals surface area contributed by atoms with Crippen molar-refractivity contribution in [3.8, 4) is 0 Å². The maximum absolute atomic E-state index is 14.2. The molecule has 0 heterocycles. The Labute approximate surface area is 287 Å². The highest BCUT2D eigenvalue weighted by Gasteiger charge is 2.53. The van der Waals surface area contributed by atoms with E-state index in [-0.39, 0.29) is 5.41 Å². The van der Waals surface area contributed by atoms with Gasteiger partial charge in [0.15, 0.2) is 0 Å². The minimum absolute atomic E-state index is 0.140. The van der Waals surface area contributed by atoms with Crippen LogP contribution in [0.2, 0.25) is 0 Å². The van der Waals surface area contributed by atoms with E-state index < -0.39 is 5.97 Å². The van der Waals surface area contributed by atoms with Crippen LogP contribution >= 0.6 is 0 Å². The predicted molar refractivity (Wildman–Crippen MR) is 198 cm³/mol. The van der Waals surface area contributed by atoms with Gasteiger partial charge >= 0.3 is 5.97 Å². The van der Waals surface area contributed by atoms with Crippen molar-refractivity contribution in [3.05, 3.63) is 11.6 Å². The normalized spacial score (nSPS) is 26.1. The molecule has 0 saturated heterocycles. The van der Waals surface area contributed by atoms with Crippen LogP contribution in [-0.2, 0) is 4.79 Å². The predicted octanol–water partition coefficient (Wildman–Crippen LogP) is 14.5. The summed E-state index contributed by atoms with van der Waals surface area (Å²) in [5, 5.41) is 11.7. The Kier molecular flexibility index (Phi) is 18.8. The first-order valence-electron chi connectivity index (χ1n) is 21.7. The van der Waals surface area contributed by atoms with E-state index >= 15 is 0 Å². The van der Waals surface area contributed by atoms with Crippen LogP contribution < -0.4 is 0 Å². The maximum Gasteiger partial charge on any atom is 0.331 e. The second kappa shape index (κ2) is 22.8. The number of allylic oxidation sites excluding steroid dienone is 1. The van der Waals surface area contributed by atoms with Crippen LogP contribution in [0, 0.1) is 29.1 Å². The third kappa shape index (κ3) is 12.3. The summed E-state index contributed by atoms with van der Waals surface area (Å²) in [5.74, 6) is 1.60. The molecule has 4 aliphatic carbocycles. The lowest BCUT2D eigenvalue weighted by molar-refractivity contribution is -0.137. The topological polar surface area (TPSA) is 37.3 Å². The van der Waals surface area contributed by atoms with Crippen molar-refractivity contribution in [1.29, 1.82) is 0 Å². The smallest absolute Gasteiger partial charge is 0.331 e. The molecule has 0 aromatic carbocycles. The number of hydrogen-bond donors (Lipinski definition) is 1. The van der Waals surface area contributed by atoms with Crippen LogP contribution in [0.4, 0.5) is 0 Å². The SMILES string of the molecule is O=C(O)C(=CC1CCCCCCCCC1)C(C1CCCCCCCCC1)(C1CCCCCCCCC1)C1CCCCCCCCC1. The Morgan fingerprint density at radius 2 is 0.587 bits per heavy atom. The minimum atomic E-state index is -0.511. The van der Waals surface area contributed by atoms with E-state index in [1.165, 1.54) is 231 Å². The fourth-order valence-corrected chi connectivity index (χ4v) is 11.2. The van der Waals surface area contributed by atoms with Gasteiger partial charge in [0.25, 0.3) is 0 Å². The van der Waals surface area contributed by atoms with Crippen LogP contribution in [0.1, 0.15) is 231 Å². The van der Waals surface area contributed by atoms with Gasteiger partial charge in [-0.05, 0) is 75.0 Å². The molecule has 1 N–H and O–H groups in total. The summed E-state index contributed by atoms with van der Waals surface area (Å²) < 4.78 is 0. The molecule has 0 bridgehead atoms. The van der Waals surface area contributed by atoms with Crippen molar-refractivity contribution in [1.82, 2.24) is 0 Å². The van der Waals surface area contributed by atoms with Gasteiger partial charge in [0, 0.05) is 11.0 Å². The van der Waals surface area contributed by atoms with E-state index in [1.807, 2.05) is 0 Å². The van der Waals surface area contributed by atoms with Crippen molar-refractivity contribution in [2.24, 2.45) is 29.1 Å². The monoisotopic (exact) mass is 639 g/mol. The first-order chi connectivity index (χ1) is 22.7. The lowest BCUT2D eigenvalue weighted by Crippen LogP contribution is -2.49. The Morgan fingerprint density at radius 3 is 0.826 bits per heavy atom. The number of carboxylic acids is 1. The van der Waals surface area contributed by atoms with Gasteiger partial charge in [-0.15, -0.1) is 0 Å². The third-order valence-corrected chi connectivity index (χ3v) is 13.6. The third-order valence-electron chi connectivity index (χ3n) is 13.6. The van der Waals surface area contributed by atoms with Gasteiger partial charge in [-0.1, -0.05) is 186 Å². The Hall–Kier alpha value is -0.790. The molecule has 0 atom stereocenters. The van der Waals surface area contributed by atoms with Crippen molar-refractivity contribution >= 4 is 5.97 Å². The average Bonchev–Trinajstić information content (AvgIpc) is 3.08. The minimum Gasteiger partial charge on any atom is -0.478 e. The van der Waals surface area contributed by atoms with Crippen LogP contribution in [0.5, 0.6) is 0 Å². The molecule has 266 valence electrons. The van der Waals surface area contributed by atoms with Crippen molar-refractivity contribution in [2.75, 3.05) is 0 Å². The molecule has 0 amide bonds. The number of hydrogen-bond acceptors (Lipinski definition) is 1. The van der Waals surface area contributed by atoms with E-state index in [9.17, 15) is 9.90 Å². The molecule has 0 radical (unpaired) electrons. The van der Waals surface area contributed by atoms with Gasteiger partial charge in [0.05, 0.1) is 0 Å². The molecule has 0 spiro atoms. The second-order valence-electron chi connectivity index (χ2n) is 16.9. The maximum atomic E-state index is 14.2. The molecule has 2 nitrogen and oxygen atoms in total. The fraction of sp³-hybridized carbons (Fsp3) is 0.932. The quantitative estimate of drug-likeness (QED) is 0.294. The summed E-state index contributed by atoms with van der Waals surface area (Å²) >= 11 is 0. The standard InChI is InChI=1S/C44H78O2/c45-43(46)42(37-38-29-21-13-5-1-6-14-22-30-38)44(39-31-23-15-7-2-8-16-24-32-39,40-33-25-17-9-3-10-18-26-34-40)41-35-27-19-11-4-12-20-28-36-41/h37-41H,1-36H2,(H,45,46).